The highest BCUT2D eigenvalue weighted by molar-refractivity contribution is 7.99. The summed E-state index contributed by atoms with van der Waals surface area (Å²) in [5, 5.41) is 13.9. The summed E-state index contributed by atoms with van der Waals surface area (Å²) in [7, 11) is -7.85. The molecule has 0 bridgehead atoms. The zero-order chi connectivity index (χ0) is 54.0. The first-order valence-corrected chi connectivity index (χ1v) is 28.3. The second-order valence-electron chi connectivity index (χ2n) is 18.8. The Hall–Kier alpha value is -5.84. The van der Waals surface area contributed by atoms with Gasteiger partial charge in [-0.3, -0.25) is 4.72 Å². The molecule has 2 aliphatic heterocycles. The molecule has 400 valence electrons. The molecule has 6 aromatic rings. The number of piperidine rings is 1. The van der Waals surface area contributed by atoms with Gasteiger partial charge in [0.1, 0.15) is 10.7 Å². The van der Waals surface area contributed by atoms with Crippen LogP contribution in [0.5, 0.6) is 0 Å². The number of sulfonamides is 1. The Morgan fingerprint density at radius 1 is 0.853 bits per heavy atom. The fourth-order valence-electron chi connectivity index (χ4n) is 9.38. The molecule has 0 aliphatic carbocycles. The van der Waals surface area contributed by atoms with Crippen molar-refractivity contribution in [3.63, 3.8) is 0 Å². The van der Waals surface area contributed by atoms with Gasteiger partial charge >= 0.3 is 11.5 Å². The van der Waals surface area contributed by atoms with Crippen LogP contribution in [0.1, 0.15) is 42.2 Å². The molecular weight excluding hydrogens is 1060 g/mol. The number of sulfone groups is 1. The van der Waals surface area contributed by atoms with Gasteiger partial charge in [0, 0.05) is 97.2 Å². The third-order valence-electron chi connectivity index (χ3n) is 13.8. The van der Waals surface area contributed by atoms with Crippen LogP contribution in [0.2, 0.25) is 5.02 Å². The summed E-state index contributed by atoms with van der Waals surface area (Å²) in [5.41, 5.74) is -5.11. The van der Waals surface area contributed by atoms with Crippen LogP contribution in [-0.4, -0.2) is 113 Å². The molecule has 3 heterocycles. The molecule has 1 aromatic heterocycles. The Labute approximate surface area is 442 Å². The number of ether oxygens (including phenoxy) is 1. The van der Waals surface area contributed by atoms with E-state index in [1.165, 1.54) is 37.1 Å². The Balaban J connectivity index is 0.983. The number of nitrogens with zero attached hydrogens (tertiary/aromatic N) is 4. The zero-order valence-corrected chi connectivity index (χ0v) is 44.6. The topological polar surface area (TPSA) is 154 Å². The van der Waals surface area contributed by atoms with E-state index in [0.29, 0.717) is 91.5 Å². The third kappa shape index (κ3) is 12.2. The van der Waals surface area contributed by atoms with Crippen molar-refractivity contribution in [3.8, 4) is 22.4 Å². The lowest BCUT2D eigenvalue weighted by molar-refractivity contribution is -0.0436. The van der Waals surface area contributed by atoms with Crippen LogP contribution in [0.4, 0.5) is 44.7 Å². The van der Waals surface area contributed by atoms with E-state index in [0.717, 1.165) is 23.1 Å². The Morgan fingerprint density at radius 3 is 2.12 bits per heavy atom. The molecule has 2 saturated heterocycles. The lowest BCUT2D eigenvalue weighted by Gasteiger charge is -2.37. The Morgan fingerprint density at radius 2 is 1.49 bits per heavy atom. The minimum Gasteiger partial charge on any atom is -0.465 e. The van der Waals surface area contributed by atoms with E-state index in [2.05, 4.69) is 14.9 Å². The highest BCUT2D eigenvalue weighted by Crippen LogP contribution is 2.44. The van der Waals surface area contributed by atoms with Gasteiger partial charge in [-0.1, -0.05) is 41.9 Å². The molecule has 75 heavy (non-hydrogen) atoms. The highest BCUT2D eigenvalue weighted by Gasteiger charge is 2.48. The van der Waals surface area contributed by atoms with Crippen molar-refractivity contribution in [3.05, 3.63) is 137 Å². The maximum Gasteiger partial charge on any atom is 0.501 e. The van der Waals surface area contributed by atoms with Crippen molar-refractivity contribution in [1.29, 1.82) is 0 Å². The van der Waals surface area contributed by atoms with E-state index in [9.17, 15) is 39.9 Å². The van der Waals surface area contributed by atoms with E-state index in [4.69, 9.17) is 16.3 Å². The lowest BCUT2D eigenvalue weighted by Crippen LogP contribution is -2.46. The fraction of sp³-hybridized carbons (Fsp3) is 0.340. The van der Waals surface area contributed by atoms with Crippen LogP contribution in [0.15, 0.2) is 124 Å². The van der Waals surface area contributed by atoms with Gasteiger partial charge in [0.2, 0.25) is 0 Å². The average molecular weight is 1120 g/mol. The number of hydrogen-bond acceptors (Lipinski definition) is 12. The summed E-state index contributed by atoms with van der Waals surface area (Å²) < 4.78 is 139. The number of benzene rings is 5. The van der Waals surface area contributed by atoms with E-state index < -0.39 is 75.7 Å². The van der Waals surface area contributed by atoms with Crippen molar-refractivity contribution in [1.82, 2.24) is 9.47 Å². The zero-order valence-electron chi connectivity index (χ0n) is 41.4. The second-order valence-corrected chi connectivity index (χ2v) is 23.9. The van der Waals surface area contributed by atoms with Gasteiger partial charge in [-0.25, -0.2) is 30.4 Å². The minimum absolute atomic E-state index is 0.00985. The van der Waals surface area contributed by atoms with Crippen molar-refractivity contribution < 1.29 is 53.4 Å². The van der Waals surface area contributed by atoms with E-state index >= 15 is 8.78 Å². The summed E-state index contributed by atoms with van der Waals surface area (Å²) in [6, 6.07) is 26.7. The largest absolute Gasteiger partial charge is 0.501 e. The number of alkyl halides is 3. The molecule has 0 spiro atoms. The van der Waals surface area contributed by atoms with Crippen molar-refractivity contribution >= 4 is 71.9 Å². The van der Waals surface area contributed by atoms with E-state index in [1.807, 2.05) is 35.2 Å². The minimum atomic E-state index is -6.07. The van der Waals surface area contributed by atoms with Gasteiger partial charge in [0.25, 0.3) is 19.9 Å². The van der Waals surface area contributed by atoms with E-state index in [1.54, 1.807) is 66.8 Å². The first-order chi connectivity index (χ1) is 35.5. The number of anilines is 4. The number of nitrogens with one attached hydrogen (secondary N) is 2. The van der Waals surface area contributed by atoms with Crippen molar-refractivity contribution in [2.75, 3.05) is 78.5 Å². The molecule has 22 heteroatoms. The number of carbonyl (C=O) groups is 1. The average Bonchev–Trinajstić information content (AvgIpc) is 3.63. The van der Waals surface area contributed by atoms with Crippen LogP contribution >= 0.6 is 23.4 Å². The van der Waals surface area contributed by atoms with E-state index in [-0.39, 0.29) is 35.6 Å². The first kappa shape index (κ1) is 55.4. The number of aliphatic hydroxyl groups is 1. The molecule has 3 N–H and O–H groups in total. The summed E-state index contributed by atoms with van der Waals surface area (Å²) in [4.78, 5) is 18.0. The number of halogens is 6. The van der Waals surface area contributed by atoms with Crippen LogP contribution in [0, 0.1) is 18.6 Å². The highest BCUT2D eigenvalue weighted by atomic mass is 35.5. The summed E-state index contributed by atoms with van der Waals surface area (Å²) >= 11 is 7.59. The number of hydrogen-bond donors (Lipinski definition) is 3. The number of methoxy groups -OCH3 is 1. The summed E-state index contributed by atoms with van der Waals surface area (Å²) in [6.45, 7) is 6.42. The lowest BCUT2D eigenvalue weighted by atomic mass is 9.94. The van der Waals surface area contributed by atoms with Crippen LogP contribution < -0.4 is 19.8 Å². The summed E-state index contributed by atoms with van der Waals surface area (Å²) in [6.07, 6.45) is 1.49. The van der Waals surface area contributed by atoms with Gasteiger partial charge in [0.15, 0.2) is 5.82 Å². The van der Waals surface area contributed by atoms with Gasteiger partial charge in [-0.2, -0.15) is 13.2 Å². The van der Waals surface area contributed by atoms with Gasteiger partial charge in [-0.05, 0) is 118 Å². The third-order valence-corrected chi connectivity index (χ3v) is 18.1. The van der Waals surface area contributed by atoms with Crippen molar-refractivity contribution in [2.45, 2.75) is 64.9 Å². The normalized spacial score (nSPS) is 15.9. The standard InChI is InChI=1S/C53H56ClF5N6O7S3/c1-34-46(51(66)72-4)48(50(62(34)3)35-10-12-36(54)13-11-35)47-42(55)19-21-44(49(47)56)65-30-28-64(29-31-65)39-16-14-37(15-17-39)61-75(70,71)41-18-20-43(45(32-41)74(68,69)53(57,58)59)60-38(33-73-40-8-6-5-7-9-40)22-25-63-26-23-52(2,67)24-27-63/h5-21,32,38,60-61,67H,22-31,33H2,1-4H3/t38-/m1/s1. The molecule has 5 aromatic carbocycles. The molecule has 2 aliphatic rings. The quantitative estimate of drug-likeness (QED) is 0.0453. The van der Waals surface area contributed by atoms with Crippen LogP contribution in [0.25, 0.3) is 22.4 Å². The predicted molar refractivity (Wildman–Crippen MR) is 284 cm³/mol. The second kappa shape index (κ2) is 22.4. The molecule has 1 atom stereocenters. The SMILES string of the molecule is COC(=O)c1c(-c2c(F)ccc(N3CCN(c4ccc(NS(=O)(=O)c5ccc(N[C@H](CCN6CCC(C)(O)CC6)CSc6ccccc6)c(S(=O)(=O)C(F)(F)F)c5)cc4)CC3)c2F)c(-c2ccc(Cl)cc2)n(C)c1C. The molecule has 8 rings (SSSR count). The molecular formula is C53H56ClF5N6O7S3. The van der Waals surface area contributed by atoms with Crippen LogP contribution in [0.3, 0.4) is 0 Å². The van der Waals surface area contributed by atoms with Crippen LogP contribution in [-0.2, 0) is 31.6 Å². The maximum atomic E-state index is 16.9. The number of rotatable bonds is 17. The maximum absolute atomic E-state index is 16.9. The monoisotopic (exact) mass is 1110 g/mol. The smallest absolute Gasteiger partial charge is 0.465 e. The molecule has 0 amide bonds. The number of aromatic nitrogens is 1. The Kier molecular flexibility index (Phi) is 16.5. The number of piperazine rings is 1. The fourth-order valence-corrected chi connectivity index (χ4v) is 12.6. The number of carbonyl (C=O) groups excluding carboxylic acids is 1. The predicted octanol–water partition coefficient (Wildman–Crippen LogP) is 10.6. The molecule has 0 radical (unpaired) electrons. The van der Waals surface area contributed by atoms with Gasteiger partial charge in [0.05, 0.1) is 45.8 Å². The van der Waals surface area contributed by atoms with Crippen molar-refractivity contribution in [2.24, 2.45) is 7.05 Å². The summed E-state index contributed by atoms with van der Waals surface area (Å²) in [5.74, 6) is -2.18. The van der Waals surface area contributed by atoms with Gasteiger partial charge < -0.3 is 34.4 Å². The molecule has 2 fully saturated rings. The number of esters is 1. The number of likely N-dealkylation sites (tertiary alicyclic amines) is 1. The number of thioether (sulfide) groups is 1. The first-order valence-electron chi connectivity index (χ1n) is 24.0. The Bertz CT molecular complexity index is 3260. The molecule has 13 nitrogen and oxygen atoms in total. The molecule has 0 unspecified atom stereocenters. The molecule has 0 saturated carbocycles. The van der Waals surface area contributed by atoms with Gasteiger partial charge in [-0.15, -0.1) is 11.8 Å².